The summed E-state index contributed by atoms with van der Waals surface area (Å²) >= 11 is 6.24. The van der Waals surface area contributed by atoms with Gasteiger partial charge in [0, 0.05) is 38.3 Å². The molecule has 0 aliphatic carbocycles. The van der Waals surface area contributed by atoms with Gasteiger partial charge in [0.25, 0.3) is 11.5 Å². The lowest BCUT2D eigenvalue weighted by molar-refractivity contribution is -0.140. The summed E-state index contributed by atoms with van der Waals surface area (Å²) < 4.78 is 1.80. The minimum Gasteiger partial charge on any atom is -0.480 e. The van der Waals surface area contributed by atoms with Gasteiger partial charge in [-0.2, -0.15) is 5.26 Å². The van der Waals surface area contributed by atoms with Gasteiger partial charge in [-0.3, -0.25) is 23.9 Å². The van der Waals surface area contributed by atoms with Gasteiger partial charge in [-0.05, 0) is 32.0 Å². The van der Waals surface area contributed by atoms with E-state index in [0.717, 1.165) is 29.8 Å². The molecule has 2 saturated heterocycles. The lowest BCUT2D eigenvalue weighted by Gasteiger charge is -2.36. The topological polar surface area (TPSA) is 110 Å². The van der Waals surface area contributed by atoms with Gasteiger partial charge in [0.2, 0.25) is 0 Å². The van der Waals surface area contributed by atoms with Gasteiger partial charge in [0.05, 0.1) is 4.91 Å². The number of likely N-dealkylation sites (N-methyl/N-ethyl adjacent to an activating group) is 1. The van der Waals surface area contributed by atoms with Crippen LogP contribution in [0.15, 0.2) is 9.70 Å². The van der Waals surface area contributed by atoms with Crippen molar-refractivity contribution in [2.24, 2.45) is 0 Å². The Kier molecular flexibility index (Phi) is 7.38. The quantitative estimate of drug-likeness (QED) is 0.483. The number of carbonyl (C=O) groups is 2. The molecule has 0 bridgehead atoms. The Morgan fingerprint density at radius 2 is 1.94 bits per heavy atom. The molecule has 32 heavy (non-hydrogen) atoms. The maximum absolute atomic E-state index is 13.1. The van der Waals surface area contributed by atoms with Crippen LogP contribution in [0, 0.1) is 18.3 Å². The standard InChI is InChI=1S/C21H25N5O4S2/c1-4-5-25-18(24-8-6-23(3)7-9-24)14(13(2)15(11-22)19(25)29)10-16-20(30)26(12-17(27)28)21(31)32-16/h10H,4-9,12H2,1-3H3,(H,27,28). The van der Waals surface area contributed by atoms with E-state index in [4.69, 9.17) is 17.3 Å². The van der Waals surface area contributed by atoms with Crippen LogP contribution in [0.25, 0.3) is 6.08 Å². The molecule has 3 heterocycles. The normalized spacial score (nSPS) is 18.5. The largest absolute Gasteiger partial charge is 0.480 e. The Morgan fingerprint density at radius 1 is 1.28 bits per heavy atom. The fraction of sp³-hybridized carbons (Fsp3) is 0.476. The molecule has 2 fully saturated rings. The number of piperazine rings is 1. The molecule has 0 saturated carbocycles. The third-order valence-corrected chi connectivity index (χ3v) is 6.92. The average Bonchev–Trinajstić information content (AvgIpc) is 3.00. The SMILES string of the molecule is CCCn1c(N2CCN(C)CC2)c(C=C2SC(=S)N(CC(=O)O)C2=O)c(C)c(C#N)c1=O. The summed E-state index contributed by atoms with van der Waals surface area (Å²) in [6.45, 7) is 6.64. The van der Waals surface area contributed by atoms with Crippen molar-refractivity contribution in [3.8, 4) is 6.07 Å². The number of nitrogens with zero attached hydrogens (tertiary/aromatic N) is 5. The second-order valence-corrected chi connectivity index (χ2v) is 9.43. The number of amides is 1. The minimum atomic E-state index is -1.15. The second kappa shape index (κ2) is 9.85. The molecule has 1 aromatic rings. The molecule has 0 aromatic carbocycles. The van der Waals surface area contributed by atoms with Crippen molar-refractivity contribution in [1.29, 1.82) is 5.26 Å². The van der Waals surface area contributed by atoms with E-state index in [0.29, 0.717) is 43.0 Å². The first kappa shape index (κ1) is 24.0. The molecular formula is C21H25N5O4S2. The molecule has 0 atom stereocenters. The van der Waals surface area contributed by atoms with Gasteiger partial charge in [-0.1, -0.05) is 30.9 Å². The number of pyridine rings is 1. The van der Waals surface area contributed by atoms with Crippen LogP contribution in [0.1, 0.15) is 30.0 Å². The lowest BCUT2D eigenvalue weighted by atomic mass is 10.0. The van der Waals surface area contributed by atoms with Gasteiger partial charge >= 0.3 is 5.97 Å². The van der Waals surface area contributed by atoms with Crippen molar-refractivity contribution >= 4 is 52.1 Å². The first-order valence-electron chi connectivity index (χ1n) is 10.3. The summed E-state index contributed by atoms with van der Waals surface area (Å²) in [5.41, 5.74) is 0.831. The predicted octanol–water partition coefficient (Wildman–Crippen LogP) is 1.48. The van der Waals surface area contributed by atoms with Crippen molar-refractivity contribution in [2.45, 2.75) is 26.8 Å². The zero-order valence-electron chi connectivity index (χ0n) is 18.3. The number of aliphatic carboxylic acids is 1. The molecule has 1 N–H and O–H groups in total. The Balaban J connectivity index is 2.21. The van der Waals surface area contributed by atoms with E-state index in [2.05, 4.69) is 9.80 Å². The Labute approximate surface area is 195 Å². The molecule has 1 aromatic heterocycles. The van der Waals surface area contributed by atoms with Crippen molar-refractivity contribution < 1.29 is 14.7 Å². The summed E-state index contributed by atoms with van der Waals surface area (Å²) in [6.07, 6.45) is 2.35. The monoisotopic (exact) mass is 475 g/mol. The zero-order valence-corrected chi connectivity index (χ0v) is 19.9. The molecule has 9 nitrogen and oxygen atoms in total. The van der Waals surface area contributed by atoms with Crippen LogP contribution in [0.3, 0.4) is 0 Å². The molecule has 2 aliphatic heterocycles. The van der Waals surface area contributed by atoms with Crippen LogP contribution in [-0.2, 0) is 16.1 Å². The Bertz CT molecular complexity index is 1100. The molecule has 2 aliphatic rings. The number of hydrogen-bond acceptors (Lipinski definition) is 8. The molecule has 1 amide bonds. The zero-order chi connectivity index (χ0) is 23.6. The third kappa shape index (κ3) is 4.57. The number of anilines is 1. The molecule has 3 rings (SSSR count). The van der Waals surface area contributed by atoms with Crippen molar-refractivity contribution in [1.82, 2.24) is 14.4 Å². The fourth-order valence-electron chi connectivity index (χ4n) is 3.84. The van der Waals surface area contributed by atoms with Crippen LogP contribution in [0.5, 0.6) is 0 Å². The third-order valence-electron chi connectivity index (χ3n) is 5.54. The summed E-state index contributed by atoms with van der Waals surface area (Å²) in [5.74, 6) is -0.956. The second-order valence-electron chi connectivity index (χ2n) is 7.76. The van der Waals surface area contributed by atoms with Gasteiger partial charge in [0.15, 0.2) is 0 Å². The molecular weight excluding hydrogens is 450 g/mol. The van der Waals surface area contributed by atoms with E-state index in [-0.39, 0.29) is 20.3 Å². The summed E-state index contributed by atoms with van der Waals surface area (Å²) in [6, 6.07) is 2.02. The van der Waals surface area contributed by atoms with E-state index in [9.17, 15) is 19.6 Å². The molecule has 11 heteroatoms. The number of rotatable bonds is 6. The highest BCUT2D eigenvalue weighted by Crippen LogP contribution is 2.36. The van der Waals surface area contributed by atoms with Gasteiger partial charge in [-0.15, -0.1) is 0 Å². The van der Waals surface area contributed by atoms with Gasteiger partial charge < -0.3 is 14.9 Å². The highest BCUT2D eigenvalue weighted by molar-refractivity contribution is 8.26. The number of thioether (sulfide) groups is 1. The maximum atomic E-state index is 13.1. The van der Waals surface area contributed by atoms with Crippen LogP contribution in [-0.4, -0.2) is 75.4 Å². The molecule has 0 unspecified atom stereocenters. The van der Waals surface area contributed by atoms with Crippen molar-refractivity contribution in [2.75, 3.05) is 44.7 Å². The predicted molar refractivity (Wildman–Crippen MR) is 128 cm³/mol. The van der Waals surface area contributed by atoms with E-state index in [1.165, 1.54) is 0 Å². The van der Waals surface area contributed by atoms with E-state index >= 15 is 0 Å². The number of thiocarbonyl (C=S) groups is 1. The van der Waals surface area contributed by atoms with Crippen LogP contribution < -0.4 is 10.5 Å². The van der Waals surface area contributed by atoms with Crippen molar-refractivity contribution in [3.05, 3.63) is 31.9 Å². The Morgan fingerprint density at radius 3 is 2.50 bits per heavy atom. The first-order valence-corrected chi connectivity index (χ1v) is 11.5. The molecule has 170 valence electrons. The van der Waals surface area contributed by atoms with Crippen LogP contribution in [0.2, 0.25) is 0 Å². The average molecular weight is 476 g/mol. The number of aromatic nitrogens is 1. The van der Waals surface area contributed by atoms with E-state index in [1.54, 1.807) is 17.6 Å². The van der Waals surface area contributed by atoms with Crippen LogP contribution in [0.4, 0.5) is 5.82 Å². The van der Waals surface area contributed by atoms with Crippen molar-refractivity contribution in [3.63, 3.8) is 0 Å². The first-order chi connectivity index (χ1) is 15.2. The number of carboxylic acid groups (broad SMARTS) is 1. The van der Waals surface area contributed by atoms with E-state index in [1.807, 2.05) is 20.0 Å². The molecule has 0 spiro atoms. The van der Waals surface area contributed by atoms with Gasteiger partial charge in [0.1, 0.15) is 28.3 Å². The van der Waals surface area contributed by atoms with E-state index < -0.39 is 18.4 Å². The molecule has 0 radical (unpaired) electrons. The van der Waals surface area contributed by atoms with Gasteiger partial charge in [-0.25, -0.2) is 0 Å². The fourth-order valence-corrected chi connectivity index (χ4v) is 5.07. The highest BCUT2D eigenvalue weighted by Gasteiger charge is 2.34. The maximum Gasteiger partial charge on any atom is 0.323 e. The minimum absolute atomic E-state index is 0.0450. The highest BCUT2D eigenvalue weighted by atomic mass is 32.2. The number of nitriles is 1. The summed E-state index contributed by atoms with van der Waals surface area (Å²) in [4.78, 5) is 42.8. The number of hydrogen-bond donors (Lipinski definition) is 1. The summed E-state index contributed by atoms with van der Waals surface area (Å²) in [7, 11) is 2.04. The summed E-state index contributed by atoms with van der Waals surface area (Å²) in [5, 5.41) is 18.8. The number of carbonyl (C=O) groups excluding carboxylic acids is 1. The smallest absolute Gasteiger partial charge is 0.323 e. The van der Waals surface area contributed by atoms with Crippen LogP contribution >= 0.6 is 24.0 Å². The Hall–Kier alpha value is -2.68. The number of carboxylic acids is 1. The lowest BCUT2D eigenvalue weighted by Crippen LogP contribution is -2.47.